The molecule has 32 heavy (non-hydrogen) atoms. The first kappa shape index (κ1) is 22.3. The van der Waals surface area contributed by atoms with Crippen molar-refractivity contribution < 1.29 is 4.79 Å². The maximum absolute atomic E-state index is 11.9. The first-order valence-electron chi connectivity index (χ1n) is 11.5. The van der Waals surface area contributed by atoms with E-state index in [-0.39, 0.29) is 17.6 Å². The summed E-state index contributed by atoms with van der Waals surface area (Å²) in [6, 6.07) is 8.33. The van der Waals surface area contributed by atoms with Crippen molar-refractivity contribution in [1.82, 2.24) is 9.97 Å². The minimum Gasteiger partial charge on any atom is -0.372 e. The molecule has 0 bridgehead atoms. The summed E-state index contributed by atoms with van der Waals surface area (Å²) < 4.78 is 0. The van der Waals surface area contributed by atoms with E-state index < -0.39 is 5.91 Å². The molecule has 1 aliphatic carbocycles. The van der Waals surface area contributed by atoms with Crippen molar-refractivity contribution in [3.63, 3.8) is 0 Å². The second-order valence-electron chi connectivity index (χ2n) is 8.86. The van der Waals surface area contributed by atoms with E-state index in [0.717, 1.165) is 63.8 Å². The largest absolute Gasteiger partial charge is 0.372 e. The number of carbonyl (C=O) groups is 1. The van der Waals surface area contributed by atoms with E-state index in [1.807, 2.05) is 12.1 Å². The van der Waals surface area contributed by atoms with Gasteiger partial charge in [-0.2, -0.15) is 4.98 Å². The fraction of sp³-hybridized carbons (Fsp3) is 0.522. The van der Waals surface area contributed by atoms with E-state index in [4.69, 9.17) is 17.2 Å². The van der Waals surface area contributed by atoms with Crippen LogP contribution in [-0.4, -0.2) is 47.6 Å². The van der Waals surface area contributed by atoms with Gasteiger partial charge in [0.05, 0.1) is 0 Å². The summed E-state index contributed by atoms with van der Waals surface area (Å²) in [7, 11) is 0. The van der Waals surface area contributed by atoms with E-state index in [0.29, 0.717) is 17.7 Å². The van der Waals surface area contributed by atoms with Gasteiger partial charge in [-0.1, -0.05) is 12.8 Å². The fourth-order valence-corrected chi connectivity index (χ4v) is 4.55. The first-order chi connectivity index (χ1) is 15.5. The molecule has 2 atom stereocenters. The highest BCUT2D eigenvalue weighted by Gasteiger charge is 2.23. The summed E-state index contributed by atoms with van der Waals surface area (Å²) in [5.74, 6) is 0.881. The summed E-state index contributed by atoms with van der Waals surface area (Å²) >= 11 is 0. The third kappa shape index (κ3) is 5.28. The molecule has 1 saturated heterocycles. The van der Waals surface area contributed by atoms with E-state index in [1.165, 1.54) is 11.9 Å². The number of hydrogen-bond donors (Lipinski definition) is 5. The molecule has 8 N–H and O–H groups in total. The number of aromatic nitrogens is 2. The van der Waals surface area contributed by atoms with Crippen LogP contribution in [-0.2, 0) is 0 Å². The maximum atomic E-state index is 11.9. The van der Waals surface area contributed by atoms with Gasteiger partial charge in [-0.05, 0) is 62.4 Å². The molecule has 2 aromatic rings. The number of rotatable bonds is 7. The van der Waals surface area contributed by atoms with Crippen LogP contribution in [0.4, 0.5) is 23.1 Å². The van der Waals surface area contributed by atoms with Crippen molar-refractivity contribution >= 4 is 29.0 Å². The Morgan fingerprint density at radius 1 is 1.09 bits per heavy atom. The van der Waals surface area contributed by atoms with Crippen LogP contribution in [0.2, 0.25) is 0 Å². The number of anilines is 4. The van der Waals surface area contributed by atoms with Crippen LogP contribution < -0.4 is 32.7 Å². The number of hydrogen-bond acceptors (Lipinski definition) is 8. The van der Waals surface area contributed by atoms with Crippen molar-refractivity contribution in [2.45, 2.75) is 50.6 Å². The smallest absolute Gasteiger partial charge is 0.254 e. The van der Waals surface area contributed by atoms with Gasteiger partial charge in [0.15, 0.2) is 0 Å². The van der Waals surface area contributed by atoms with Crippen molar-refractivity contribution in [2.75, 3.05) is 35.2 Å². The lowest BCUT2D eigenvalue weighted by atomic mass is 9.91. The molecule has 1 aromatic heterocycles. The van der Waals surface area contributed by atoms with Gasteiger partial charge >= 0.3 is 0 Å². The molecular weight excluding hydrogens is 404 g/mol. The highest BCUT2D eigenvalue weighted by molar-refractivity contribution is 5.98. The minimum absolute atomic E-state index is 0.0713. The predicted octanol–water partition coefficient (Wildman–Crippen LogP) is 2.18. The summed E-state index contributed by atoms with van der Waals surface area (Å²) in [5.41, 5.74) is 19.8. The Balaban J connectivity index is 1.46. The monoisotopic (exact) mass is 438 g/mol. The predicted molar refractivity (Wildman–Crippen MR) is 128 cm³/mol. The Kier molecular flexibility index (Phi) is 7.06. The van der Waals surface area contributed by atoms with Gasteiger partial charge < -0.3 is 32.7 Å². The molecule has 1 saturated carbocycles. The van der Waals surface area contributed by atoms with Gasteiger partial charge in [0.1, 0.15) is 11.4 Å². The Hall–Kier alpha value is -2.91. The van der Waals surface area contributed by atoms with Gasteiger partial charge in [0.2, 0.25) is 5.95 Å². The van der Waals surface area contributed by atoms with Crippen LogP contribution in [0.25, 0.3) is 0 Å². The number of nitrogens with two attached hydrogens (primary N) is 3. The molecule has 2 heterocycles. The van der Waals surface area contributed by atoms with Crippen molar-refractivity contribution in [1.29, 1.82) is 0 Å². The highest BCUT2D eigenvalue weighted by Crippen LogP contribution is 2.27. The van der Waals surface area contributed by atoms with E-state index in [2.05, 4.69) is 37.6 Å². The standard InChI is InChI=1S/C23H34N8O/c24-13-15-9-11-31(12-10-15)17-7-5-16(6-8-17)28-22-18(21(26)32)14-27-23(30-22)29-20-4-2-1-3-19(20)25/h5-8,14-15,19-20H,1-4,9-13,24-25H2,(H2,26,32)(H2,27,28,29,30)/t19?,20-/m1/s1. The minimum atomic E-state index is -0.576. The number of piperidine rings is 1. The molecule has 9 nitrogen and oxygen atoms in total. The van der Waals surface area contributed by atoms with E-state index >= 15 is 0 Å². The molecule has 0 radical (unpaired) electrons. The summed E-state index contributed by atoms with van der Waals surface area (Å²) in [6.07, 6.45) is 7.96. The van der Waals surface area contributed by atoms with Gasteiger partial charge in [-0.3, -0.25) is 4.79 Å². The van der Waals surface area contributed by atoms with Crippen LogP contribution in [0, 0.1) is 5.92 Å². The Bertz CT molecular complexity index is 911. The average molecular weight is 439 g/mol. The molecule has 1 amide bonds. The van der Waals surface area contributed by atoms with Crippen LogP contribution >= 0.6 is 0 Å². The Morgan fingerprint density at radius 3 is 2.47 bits per heavy atom. The quantitative estimate of drug-likeness (QED) is 0.442. The third-order valence-electron chi connectivity index (χ3n) is 6.63. The molecule has 2 fully saturated rings. The molecule has 9 heteroatoms. The van der Waals surface area contributed by atoms with Gasteiger partial charge in [-0.15, -0.1) is 0 Å². The topological polar surface area (TPSA) is 148 Å². The summed E-state index contributed by atoms with van der Waals surface area (Å²) in [6.45, 7) is 2.80. The van der Waals surface area contributed by atoms with Crippen LogP contribution in [0.1, 0.15) is 48.9 Å². The third-order valence-corrected chi connectivity index (χ3v) is 6.63. The molecule has 1 aliphatic heterocycles. The molecule has 172 valence electrons. The lowest BCUT2D eigenvalue weighted by Crippen LogP contribution is -2.43. The van der Waals surface area contributed by atoms with E-state index in [1.54, 1.807) is 0 Å². The van der Waals surface area contributed by atoms with Crippen molar-refractivity contribution in [3.05, 3.63) is 36.0 Å². The van der Waals surface area contributed by atoms with Crippen molar-refractivity contribution in [3.8, 4) is 0 Å². The number of amides is 1. The number of benzene rings is 1. The number of nitrogens with one attached hydrogen (secondary N) is 2. The van der Waals surface area contributed by atoms with Crippen molar-refractivity contribution in [2.24, 2.45) is 23.1 Å². The zero-order chi connectivity index (χ0) is 22.5. The average Bonchev–Trinajstić information content (AvgIpc) is 2.81. The normalized spacial score (nSPS) is 21.9. The highest BCUT2D eigenvalue weighted by atomic mass is 16.1. The lowest BCUT2D eigenvalue weighted by molar-refractivity contribution is 0.100. The molecule has 1 aromatic carbocycles. The van der Waals surface area contributed by atoms with Gasteiger partial charge in [0, 0.05) is 42.7 Å². The second kappa shape index (κ2) is 10.1. The second-order valence-corrected chi connectivity index (χ2v) is 8.86. The van der Waals surface area contributed by atoms with Crippen LogP contribution in [0.5, 0.6) is 0 Å². The van der Waals surface area contributed by atoms with Gasteiger partial charge in [0.25, 0.3) is 5.91 Å². The fourth-order valence-electron chi connectivity index (χ4n) is 4.55. The molecule has 2 aliphatic rings. The number of nitrogens with zero attached hydrogens (tertiary/aromatic N) is 3. The SMILES string of the molecule is NCC1CCN(c2ccc(Nc3nc(N[C@@H]4CCCCC4N)ncc3C(N)=O)cc2)CC1. The number of primary amides is 1. The molecule has 4 rings (SSSR count). The zero-order valence-corrected chi connectivity index (χ0v) is 18.5. The van der Waals surface area contributed by atoms with E-state index in [9.17, 15) is 4.79 Å². The number of carbonyl (C=O) groups excluding carboxylic acids is 1. The molecular formula is C23H34N8O. The van der Waals surface area contributed by atoms with Gasteiger partial charge in [-0.25, -0.2) is 4.98 Å². The summed E-state index contributed by atoms with van der Waals surface area (Å²) in [4.78, 5) is 23.1. The zero-order valence-electron chi connectivity index (χ0n) is 18.5. The van der Waals surface area contributed by atoms with Crippen LogP contribution in [0.15, 0.2) is 30.5 Å². The van der Waals surface area contributed by atoms with Crippen LogP contribution in [0.3, 0.4) is 0 Å². The maximum Gasteiger partial charge on any atom is 0.254 e. The summed E-state index contributed by atoms with van der Waals surface area (Å²) in [5, 5.41) is 6.56. The Morgan fingerprint density at radius 2 is 1.81 bits per heavy atom. The molecule has 1 unspecified atom stereocenters. The molecule has 0 spiro atoms. The Labute approximate surface area is 189 Å². The first-order valence-corrected chi connectivity index (χ1v) is 11.5. The lowest BCUT2D eigenvalue weighted by Gasteiger charge is -2.33.